The minimum atomic E-state index is -4.73. The lowest BCUT2D eigenvalue weighted by molar-refractivity contribution is -0.274. The SMILES string of the molecule is O=CCCc1c(Br)cccc1OC(F)(F)F. The maximum Gasteiger partial charge on any atom is 0.573 e. The minimum absolute atomic E-state index is 0.150. The summed E-state index contributed by atoms with van der Waals surface area (Å²) in [5.74, 6) is -0.274. The lowest BCUT2D eigenvalue weighted by atomic mass is 10.1. The Balaban J connectivity index is 2.97. The Morgan fingerprint density at radius 3 is 2.62 bits per heavy atom. The average molecular weight is 297 g/mol. The van der Waals surface area contributed by atoms with E-state index < -0.39 is 6.36 Å². The van der Waals surface area contributed by atoms with E-state index in [1.165, 1.54) is 12.1 Å². The predicted octanol–water partition coefficient (Wildman–Crippen LogP) is 3.48. The fraction of sp³-hybridized carbons (Fsp3) is 0.300. The first-order valence-corrected chi connectivity index (χ1v) is 5.20. The summed E-state index contributed by atoms with van der Waals surface area (Å²) in [6.45, 7) is 0. The van der Waals surface area contributed by atoms with E-state index in [1.54, 1.807) is 6.07 Å². The lowest BCUT2D eigenvalue weighted by Crippen LogP contribution is -2.18. The molecule has 0 N–H and O–H groups in total. The van der Waals surface area contributed by atoms with E-state index in [2.05, 4.69) is 20.7 Å². The van der Waals surface area contributed by atoms with E-state index in [0.717, 1.165) is 0 Å². The van der Waals surface area contributed by atoms with Crippen LogP contribution in [0.3, 0.4) is 0 Å². The highest BCUT2D eigenvalue weighted by molar-refractivity contribution is 9.10. The number of halogens is 4. The number of carbonyl (C=O) groups is 1. The van der Waals surface area contributed by atoms with Crippen LogP contribution in [0.25, 0.3) is 0 Å². The molecule has 0 spiro atoms. The zero-order valence-corrected chi connectivity index (χ0v) is 9.64. The van der Waals surface area contributed by atoms with Gasteiger partial charge in [0.15, 0.2) is 0 Å². The maximum atomic E-state index is 12.1. The summed E-state index contributed by atoms with van der Waals surface area (Å²) in [5, 5.41) is 0. The number of aldehydes is 1. The van der Waals surface area contributed by atoms with Gasteiger partial charge in [0.05, 0.1) is 0 Å². The molecule has 0 saturated heterocycles. The Bertz CT molecular complexity index is 377. The Kier molecular flexibility index (Phi) is 4.35. The van der Waals surface area contributed by atoms with Gasteiger partial charge < -0.3 is 9.53 Å². The zero-order chi connectivity index (χ0) is 12.2. The van der Waals surface area contributed by atoms with Gasteiger partial charge in [-0.25, -0.2) is 0 Å². The van der Waals surface area contributed by atoms with Crippen LogP contribution in [0.2, 0.25) is 0 Å². The Morgan fingerprint density at radius 2 is 2.06 bits per heavy atom. The summed E-state index contributed by atoms with van der Waals surface area (Å²) in [6, 6.07) is 4.26. The van der Waals surface area contributed by atoms with Gasteiger partial charge in [-0.1, -0.05) is 22.0 Å². The Hall–Kier alpha value is -1.04. The maximum absolute atomic E-state index is 12.1. The van der Waals surface area contributed by atoms with E-state index in [9.17, 15) is 18.0 Å². The van der Waals surface area contributed by atoms with Crippen molar-refractivity contribution in [2.75, 3.05) is 0 Å². The molecule has 88 valence electrons. The van der Waals surface area contributed by atoms with E-state index in [0.29, 0.717) is 16.3 Å². The largest absolute Gasteiger partial charge is 0.573 e. The van der Waals surface area contributed by atoms with E-state index >= 15 is 0 Å². The molecule has 0 saturated carbocycles. The molecule has 0 fully saturated rings. The molecule has 0 aliphatic rings. The third-order valence-corrected chi connectivity index (χ3v) is 2.56. The monoisotopic (exact) mass is 296 g/mol. The second-order valence-corrected chi connectivity index (χ2v) is 3.82. The van der Waals surface area contributed by atoms with Crippen LogP contribution in [0, 0.1) is 0 Å². The van der Waals surface area contributed by atoms with Crippen LogP contribution in [0.1, 0.15) is 12.0 Å². The van der Waals surface area contributed by atoms with Gasteiger partial charge in [-0.3, -0.25) is 0 Å². The third-order valence-electron chi connectivity index (χ3n) is 1.81. The molecule has 0 aromatic heterocycles. The standard InChI is InChI=1S/C10H8BrF3O2/c11-8-4-1-5-9(16-10(12,13)14)7(8)3-2-6-15/h1,4-6H,2-3H2. The minimum Gasteiger partial charge on any atom is -0.405 e. The van der Waals surface area contributed by atoms with Crippen LogP contribution in [0.5, 0.6) is 5.75 Å². The summed E-state index contributed by atoms with van der Waals surface area (Å²) in [6.07, 6.45) is -3.72. The van der Waals surface area contributed by atoms with E-state index in [-0.39, 0.29) is 18.6 Å². The van der Waals surface area contributed by atoms with Crippen molar-refractivity contribution in [2.24, 2.45) is 0 Å². The quantitative estimate of drug-likeness (QED) is 0.795. The second-order valence-electron chi connectivity index (χ2n) is 2.97. The average Bonchev–Trinajstić information content (AvgIpc) is 2.14. The van der Waals surface area contributed by atoms with E-state index in [1.807, 2.05) is 0 Å². The topological polar surface area (TPSA) is 26.3 Å². The molecule has 0 bridgehead atoms. The van der Waals surface area contributed by atoms with Gasteiger partial charge in [0.2, 0.25) is 0 Å². The predicted molar refractivity (Wildman–Crippen MR) is 55.2 cm³/mol. The highest BCUT2D eigenvalue weighted by atomic mass is 79.9. The number of alkyl halides is 3. The molecule has 1 aromatic rings. The number of ether oxygens (including phenoxy) is 1. The van der Waals surface area contributed by atoms with Gasteiger partial charge in [-0.05, 0) is 18.6 Å². The summed E-state index contributed by atoms with van der Waals surface area (Å²) >= 11 is 3.12. The molecule has 0 aliphatic carbocycles. The fourth-order valence-corrected chi connectivity index (χ4v) is 1.75. The first-order valence-electron chi connectivity index (χ1n) is 4.41. The first-order chi connectivity index (χ1) is 7.44. The smallest absolute Gasteiger partial charge is 0.405 e. The van der Waals surface area contributed by atoms with Crippen molar-refractivity contribution in [2.45, 2.75) is 19.2 Å². The van der Waals surface area contributed by atoms with Crippen molar-refractivity contribution in [3.05, 3.63) is 28.2 Å². The molecular formula is C10H8BrF3O2. The van der Waals surface area contributed by atoms with Gasteiger partial charge in [0, 0.05) is 16.5 Å². The van der Waals surface area contributed by atoms with E-state index in [4.69, 9.17) is 0 Å². The third kappa shape index (κ3) is 3.84. The van der Waals surface area contributed by atoms with Gasteiger partial charge >= 0.3 is 6.36 Å². The molecule has 0 atom stereocenters. The molecule has 0 amide bonds. The van der Waals surface area contributed by atoms with Crippen LogP contribution in [-0.4, -0.2) is 12.6 Å². The van der Waals surface area contributed by atoms with Crippen LogP contribution in [0.4, 0.5) is 13.2 Å². The molecule has 2 nitrogen and oxygen atoms in total. The molecule has 16 heavy (non-hydrogen) atoms. The Morgan fingerprint density at radius 1 is 1.38 bits per heavy atom. The number of hydrogen-bond acceptors (Lipinski definition) is 2. The van der Waals surface area contributed by atoms with Crippen molar-refractivity contribution >= 4 is 22.2 Å². The molecule has 0 heterocycles. The van der Waals surface area contributed by atoms with Gasteiger partial charge in [-0.2, -0.15) is 0 Å². The summed E-state index contributed by atoms with van der Waals surface area (Å²) in [5.41, 5.74) is 0.340. The number of hydrogen-bond donors (Lipinski definition) is 0. The highest BCUT2D eigenvalue weighted by Crippen LogP contribution is 2.31. The molecule has 0 radical (unpaired) electrons. The van der Waals surface area contributed by atoms with Crippen LogP contribution < -0.4 is 4.74 Å². The van der Waals surface area contributed by atoms with Crippen LogP contribution >= 0.6 is 15.9 Å². The van der Waals surface area contributed by atoms with Crippen LogP contribution in [0.15, 0.2) is 22.7 Å². The second kappa shape index (κ2) is 5.34. The first kappa shape index (κ1) is 13.0. The normalized spacial score (nSPS) is 11.2. The molecular weight excluding hydrogens is 289 g/mol. The summed E-state index contributed by atoms with van der Waals surface area (Å²) < 4.78 is 40.6. The van der Waals surface area contributed by atoms with Crippen molar-refractivity contribution in [1.29, 1.82) is 0 Å². The van der Waals surface area contributed by atoms with Gasteiger partial charge in [0.25, 0.3) is 0 Å². The van der Waals surface area contributed by atoms with Crippen molar-refractivity contribution in [3.8, 4) is 5.75 Å². The lowest BCUT2D eigenvalue weighted by Gasteiger charge is -2.13. The summed E-state index contributed by atoms with van der Waals surface area (Å²) in [7, 11) is 0. The molecule has 6 heteroatoms. The molecule has 1 aromatic carbocycles. The van der Waals surface area contributed by atoms with Gasteiger partial charge in [0.1, 0.15) is 12.0 Å². The highest BCUT2D eigenvalue weighted by Gasteiger charge is 2.32. The van der Waals surface area contributed by atoms with Gasteiger partial charge in [-0.15, -0.1) is 13.2 Å². The molecule has 0 unspecified atom stereocenters. The van der Waals surface area contributed by atoms with Crippen molar-refractivity contribution in [3.63, 3.8) is 0 Å². The van der Waals surface area contributed by atoms with Crippen molar-refractivity contribution in [1.82, 2.24) is 0 Å². The molecule has 0 aliphatic heterocycles. The number of rotatable bonds is 4. The van der Waals surface area contributed by atoms with Crippen LogP contribution in [-0.2, 0) is 11.2 Å². The summed E-state index contributed by atoms with van der Waals surface area (Å²) in [4.78, 5) is 10.2. The zero-order valence-electron chi connectivity index (χ0n) is 8.05. The number of benzene rings is 1. The van der Waals surface area contributed by atoms with Crippen molar-refractivity contribution < 1.29 is 22.7 Å². The number of carbonyl (C=O) groups excluding carboxylic acids is 1. The molecule has 1 rings (SSSR count). The fourth-order valence-electron chi connectivity index (χ4n) is 1.21. The Labute approximate surface area is 98.5 Å².